The molecule has 136 valence electrons. The fourth-order valence-corrected chi connectivity index (χ4v) is 3.25. The minimum Gasteiger partial charge on any atom is -0.508 e. The third-order valence-electron chi connectivity index (χ3n) is 3.86. The van der Waals surface area contributed by atoms with Gasteiger partial charge in [0.1, 0.15) is 11.5 Å². The Morgan fingerprint density at radius 1 is 1.04 bits per heavy atom. The van der Waals surface area contributed by atoms with E-state index >= 15 is 0 Å². The lowest BCUT2D eigenvalue weighted by Gasteiger charge is -2.33. The average Bonchev–Trinajstić information content (AvgIpc) is 2.50. The van der Waals surface area contributed by atoms with Crippen LogP contribution in [0.3, 0.4) is 0 Å². The number of rotatable bonds is 6. The van der Waals surface area contributed by atoms with Crippen molar-refractivity contribution in [2.24, 2.45) is 0 Å². The van der Waals surface area contributed by atoms with Gasteiger partial charge in [0.05, 0.1) is 5.69 Å². The Labute approximate surface area is 144 Å². The van der Waals surface area contributed by atoms with Gasteiger partial charge in [-0.1, -0.05) is 19.1 Å². The normalized spacial score (nSPS) is 13.5. The number of anilines is 1. The Morgan fingerprint density at radius 3 is 2.12 bits per heavy atom. The van der Waals surface area contributed by atoms with Crippen molar-refractivity contribution in [3.05, 3.63) is 53.6 Å². The maximum absolute atomic E-state index is 11.2. The van der Waals surface area contributed by atoms with E-state index in [9.17, 15) is 25.0 Å². The highest BCUT2D eigenvalue weighted by molar-refractivity contribution is 7.53. The number of nitrogens with one attached hydrogen (secondary N) is 1. The first-order valence-electron chi connectivity index (χ1n) is 7.45. The van der Waals surface area contributed by atoms with E-state index in [1.165, 1.54) is 30.3 Å². The fraction of sp³-hybridized carbons (Fsp3) is 0.250. The van der Waals surface area contributed by atoms with Crippen LogP contribution in [0.4, 0.5) is 5.69 Å². The van der Waals surface area contributed by atoms with E-state index in [0.29, 0.717) is 5.56 Å². The van der Waals surface area contributed by atoms with Crippen LogP contribution in [0.25, 0.3) is 0 Å². The van der Waals surface area contributed by atoms with E-state index in [4.69, 9.17) is 9.79 Å². The van der Waals surface area contributed by atoms with Gasteiger partial charge in [-0.05, 0) is 42.3 Å². The van der Waals surface area contributed by atoms with Crippen LogP contribution in [0.1, 0.15) is 30.4 Å². The molecule has 2 rings (SSSR count). The number of hydrogen-bond donors (Lipinski definition) is 7. The van der Waals surface area contributed by atoms with E-state index in [2.05, 4.69) is 0 Å². The number of aromatic hydroxyl groups is 2. The molecule has 0 spiro atoms. The Bertz CT molecular complexity index is 786. The largest absolute Gasteiger partial charge is 0.508 e. The fourth-order valence-electron chi connectivity index (χ4n) is 2.74. The van der Waals surface area contributed by atoms with Crippen molar-refractivity contribution in [3.8, 4) is 11.5 Å². The van der Waals surface area contributed by atoms with Crippen LogP contribution >= 0.6 is 7.75 Å². The number of phenolic OH excluding ortho intramolecular Hbond substituents is 2. The lowest BCUT2D eigenvalue weighted by molar-refractivity contribution is -0.188. The first kappa shape index (κ1) is 19.2. The highest BCUT2D eigenvalue weighted by atomic mass is 31.2. The molecule has 1 atom stereocenters. The van der Waals surface area contributed by atoms with Gasteiger partial charge in [0.15, 0.2) is 5.79 Å². The second-order valence-electron chi connectivity index (χ2n) is 5.66. The molecule has 0 bridgehead atoms. The summed E-state index contributed by atoms with van der Waals surface area (Å²) in [5, 5.41) is 42.5. The predicted molar refractivity (Wildman–Crippen MR) is 91.0 cm³/mol. The standard InChI is InChI=1S/C16H20NO7P/c1-2-13(10-3-5-11(18)6-4-10)16(20,21)14-9-12(19)7-8-15(14)17-25(22,23)24/h3-9,13,18-21H,2H2,1H3,(H3,17,22,23,24). The molecule has 0 amide bonds. The molecule has 8 nitrogen and oxygen atoms in total. The molecular formula is C16H20NO7P. The SMILES string of the molecule is CCC(c1ccc(O)cc1)C(O)(O)c1cc(O)ccc1NP(=O)(O)O. The number of phenols is 2. The Balaban J connectivity index is 2.54. The lowest BCUT2D eigenvalue weighted by atomic mass is 9.83. The van der Waals surface area contributed by atoms with E-state index in [-0.39, 0.29) is 29.2 Å². The zero-order valence-corrected chi connectivity index (χ0v) is 14.3. The Hall–Kier alpha value is -2.09. The van der Waals surface area contributed by atoms with Gasteiger partial charge in [0, 0.05) is 11.5 Å². The minimum absolute atomic E-state index is 0.0151. The minimum atomic E-state index is -4.70. The van der Waals surface area contributed by atoms with Crippen LogP contribution < -0.4 is 5.09 Å². The van der Waals surface area contributed by atoms with Gasteiger partial charge < -0.3 is 30.2 Å². The quantitative estimate of drug-likeness (QED) is 0.232. The zero-order valence-electron chi connectivity index (χ0n) is 13.4. The van der Waals surface area contributed by atoms with Gasteiger partial charge in [-0.2, -0.15) is 0 Å². The summed E-state index contributed by atoms with van der Waals surface area (Å²) in [4.78, 5) is 18.2. The molecule has 0 heterocycles. The monoisotopic (exact) mass is 369 g/mol. The summed E-state index contributed by atoms with van der Waals surface area (Å²) in [6.07, 6.45) is 0.267. The third-order valence-corrected chi connectivity index (χ3v) is 4.39. The van der Waals surface area contributed by atoms with Crippen LogP contribution in [0.5, 0.6) is 11.5 Å². The topological polar surface area (TPSA) is 150 Å². The Morgan fingerprint density at radius 2 is 1.60 bits per heavy atom. The summed E-state index contributed by atoms with van der Waals surface area (Å²) >= 11 is 0. The molecule has 0 aliphatic carbocycles. The van der Waals surface area contributed by atoms with Crippen molar-refractivity contribution in [1.29, 1.82) is 0 Å². The van der Waals surface area contributed by atoms with Gasteiger partial charge in [-0.3, -0.25) is 5.09 Å². The highest BCUT2D eigenvalue weighted by Crippen LogP contribution is 2.45. The van der Waals surface area contributed by atoms with Crippen LogP contribution in [-0.4, -0.2) is 30.2 Å². The van der Waals surface area contributed by atoms with Gasteiger partial charge in [0.2, 0.25) is 0 Å². The average molecular weight is 369 g/mol. The molecule has 1 unspecified atom stereocenters. The molecule has 0 fully saturated rings. The summed E-state index contributed by atoms with van der Waals surface area (Å²) in [5.41, 5.74) is -0.000107. The highest BCUT2D eigenvalue weighted by Gasteiger charge is 2.39. The van der Waals surface area contributed by atoms with E-state index in [1.54, 1.807) is 6.92 Å². The molecule has 2 aromatic carbocycles. The molecule has 2 aromatic rings. The summed E-state index contributed by atoms with van der Waals surface area (Å²) in [7, 11) is -4.70. The maximum atomic E-state index is 11.2. The molecular weight excluding hydrogens is 349 g/mol. The van der Waals surface area contributed by atoms with Crippen molar-refractivity contribution < 1.29 is 34.8 Å². The molecule has 0 radical (unpaired) electrons. The van der Waals surface area contributed by atoms with Gasteiger partial charge in [-0.15, -0.1) is 0 Å². The van der Waals surface area contributed by atoms with Crippen molar-refractivity contribution in [3.63, 3.8) is 0 Å². The maximum Gasteiger partial charge on any atom is 0.427 e. The van der Waals surface area contributed by atoms with Crippen molar-refractivity contribution >= 4 is 13.4 Å². The third kappa shape index (κ3) is 4.50. The van der Waals surface area contributed by atoms with Gasteiger partial charge in [0.25, 0.3) is 0 Å². The van der Waals surface area contributed by atoms with E-state index in [1.807, 2.05) is 5.09 Å². The second kappa shape index (κ2) is 7.03. The van der Waals surface area contributed by atoms with Crippen LogP contribution in [0.2, 0.25) is 0 Å². The summed E-state index contributed by atoms with van der Waals surface area (Å²) in [5.74, 6) is -3.70. The van der Waals surface area contributed by atoms with E-state index in [0.717, 1.165) is 12.1 Å². The summed E-state index contributed by atoms with van der Waals surface area (Å²) in [6.45, 7) is 1.71. The molecule has 0 aliphatic rings. The summed E-state index contributed by atoms with van der Waals surface area (Å²) in [6, 6.07) is 9.17. The van der Waals surface area contributed by atoms with Crippen molar-refractivity contribution in [2.45, 2.75) is 25.0 Å². The van der Waals surface area contributed by atoms with Crippen molar-refractivity contribution in [2.75, 3.05) is 5.09 Å². The molecule has 0 aliphatic heterocycles. The molecule has 0 saturated carbocycles. The number of aliphatic hydroxyl groups is 2. The predicted octanol–water partition coefficient (Wildman–Crippen LogP) is 1.93. The number of benzene rings is 2. The van der Waals surface area contributed by atoms with Crippen molar-refractivity contribution in [1.82, 2.24) is 0 Å². The second-order valence-corrected chi connectivity index (χ2v) is 6.98. The molecule has 9 heteroatoms. The lowest BCUT2D eigenvalue weighted by Crippen LogP contribution is -2.33. The zero-order chi connectivity index (χ0) is 18.8. The van der Waals surface area contributed by atoms with E-state index < -0.39 is 19.5 Å². The van der Waals surface area contributed by atoms with Crippen LogP contribution in [0, 0.1) is 0 Å². The first-order chi connectivity index (χ1) is 11.5. The Kier molecular flexibility index (Phi) is 5.41. The van der Waals surface area contributed by atoms with Crippen LogP contribution in [-0.2, 0) is 10.4 Å². The molecule has 0 aromatic heterocycles. The summed E-state index contributed by atoms with van der Waals surface area (Å²) < 4.78 is 11.2. The smallest absolute Gasteiger partial charge is 0.427 e. The molecule has 0 saturated heterocycles. The van der Waals surface area contributed by atoms with Crippen LogP contribution in [0.15, 0.2) is 42.5 Å². The number of hydrogen-bond acceptors (Lipinski definition) is 5. The van der Waals surface area contributed by atoms with Gasteiger partial charge in [-0.25, -0.2) is 4.57 Å². The molecule has 7 N–H and O–H groups in total. The molecule has 25 heavy (non-hydrogen) atoms. The van der Waals surface area contributed by atoms with Gasteiger partial charge >= 0.3 is 7.75 Å². The first-order valence-corrected chi connectivity index (χ1v) is 9.07.